The van der Waals surface area contributed by atoms with Crippen molar-refractivity contribution in [3.63, 3.8) is 0 Å². The van der Waals surface area contributed by atoms with Crippen LogP contribution in [0, 0.1) is 18.2 Å². The van der Waals surface area contributed by atoms with E-state index in [1.165, 1.54) is 30.9 Å². The molecule has 2 amide bonds. The van der Waals surface area contributed by atoms with Crippen LogP contribution in [0.25, 0.3) is 28.3 Å². The van der Waals surface area contributed by atoms with E-state index < -0.39 is 64.5 Å². The molecule has 6 aromatic rings. The normalized spacial score (nSPS) is 18.8. The zero-order chi connectivity index (χ0) is 41.3. The molecule has 3 atom stereocenters. The summed E-state index contributed by atoms with van der Waals surface area (Å²) in [5, 5.41) is 16.2. The molecule has 1 saturated carbocycles. The fourth-order valence-corrected chi connectivity index (χ4v) is 7.84. The van der Waals surface area contributed by atoms with Gasteiger partial charge in [-0.3, -0.25) is 23.5 Å². The summed E-state index contributed by atoms with van der Waals surface area (Å²) in [6, 6.07) is 6.62. The number of alkyl halides is 5. The van der Waals surface area contributed by atoms with Gasteiger partial charge in [0.1, 0.15) is 17.6 Å². The van der Waals surface area contributed by atoms with E-state index in [4.69, 9.17) is 0 Å². The number of hydrogen-bond donors (Lipinski definition) is 2. The Morgan fingerprint density at radius 1 is 1.05 bits per heavy atom. The highest BCUT2D eigenvalue weighted by Crippen LogP contribution is 2.65. The minimum atomic E-state index is -4.83. The number of hydrogen-bond acceptors (Lipinski definition) is 8. The number of nitrogens with one attached hydrogen (secondary N) is 2. The Balaban J connectivity index is 1.04. The molecular weight excluding hydrogens is 772 g/mol. The van der Waals surface area contributed by atoms with Crippen molar-refractivity contribution in [2.45, 2.75) is 76.8 Å². The van der Waals surface area contributed by atoms with Gasteiger partial charge in [-0.1, -0.05) is 12.1 Å². The molecule has 1 aromatic carbocycles. The molecule has 302 valence electrons. The molecule has 1 aliphatic heterocycles. The van der Waals surface area contributed by atoms with Gasteiger partial charge in [-0.2, -0.15) is 37.2 Å². The van der Waals surface area contributed by atoms with Gasteiger partial charge in [0.25, 0.3) is 5.56 Å². The number of imidazole rings is 1. The zero-order valence-corrected chi connectivity index (χ0v) is 31.1. The number of likely N-dealkylation sites (tertiary alicyclic amines) is 1. The second kappa shape index (κ2) is 13.9. The van der Waals surface area contributed by atoms with E-state index in [0.29, 0.717) is 40.0 Å². The third kappa shape index (κ3) is 7.22. The van der Waals surface area contributed by atoms with Crippen LogP contribution in [-0.2, 0) is 28.7 Å². The van der Waals surface area contributed by atoms with Crippen molar-refractivity contribution in [1.29, 1.82) is 0 Å². The van der Waals surface area contributed by atoms with Crippen LogP contribution in [0.2, 0.25) is 0 Å². The van der Waals surface area contributed by atoms with E-state index in [0.717, 1.165) is 34.9 Å². The summed E-state index contributed by atoms with van der Waals surface area (Å²) in [7, 11) is 0. The predicted molar refractivity (Wildman–Crippen MR) is 194 cm³/mol. The Kier molecular flexibility index (Phi) is 9.26. The standard InChI is InChI=1S/C38H35F6N11O3/c1-20-16-52-18-23(15-45-35(52)47-20)22-4-5-24(26(39)11-22)25-13-37(25)8-9-53(33(37)58)29(10-21-14-46-54(17-21)34(40)41)32(57)48-36(2,3)19-55-28(12-30(51-55)38(42,43)44)27-6-7-31(56)50-49-27/h4-7,11-12,14-18,25,29,34H,8-10,13,19H2,1-3H3,(H,48,57)(H,50,56)/t25-,29-,37+/m1/s1. The summed E-state index contributed by atoms with van der Waals surface area (Å²) in [4.78, 5) is 50.2. The summed E-state index contributed by atoms with van der Waals surface area (Å²) in [5.74, 6) is -1.60. The number of aromatic nitrogens is 9. The van der Waals surface area contributed by atoms with Gasteiger partial charge in [-0.25, -0.2) is 24.1 Å². The maximum atomic E-state index is 15.8. The van der Waals surface area contributed by atoms with Crippen LogP contribution in [0.4, 0.5) is 26.3 Å². The number of aryl methyl sites for hydroxylation is 1. The number of carbonyl (C=O) groups is 2. The molecule has 2 N–H and O–H groups in total. The van der Waals surface area contributed by atoms with Crippen LogP contribution in [-0.4, -0.2) is 79.0 Å². The number of benzene rings is 1. The second-order valence-corrected chi connectivity index (χ2v) is 15.4. The lowest BCUT2D eigenvalue weighted by atomic mass is 9.95. The number of rotatable bonds is 11. The van der Waals surface area contributed by atoms with Crippen LogP contribution in [0.5, 0.6) is 0 Å². The lowest BCUT2D eigenvalue weighted by Gasteiger charge is -2.33. The van der Waals surface area contributed by atoms with E-state index >= 15 is 4.39 Å². The Bertz CT molecular complexity index is 2610. The van der Waals surface area contributed by atoms with Gasteiger partial charge in [-0.05, 0) is 68.5 Å². The van der Waals surface area contributed by atoms with Crippen molar-refractivity contribution in [3.05, 3.63) is 106 Å². The molecule has 0 radical (unpaired) electrons. The van der Waals surface area contributed by atoms with Crippen molar-refractivity contribution in [1.82, 2.24) is 54.3 Å². The fraction of sp³-hybridized carbons (Fsp3) is 0.368. The van der Waals surface area contributed by atoms with Gasteiger partial charge in [0.15, 0.2) is 5.69 Å². The van der Waals surface area contributed by atoms with Crippen LogP contribution >= 0.6 is 0 Å². The molecule has 6 heterocycles. The Hall–Kier alpha value is -6.34. The Morgan fingerprint density at radius 2 is 1.84 bits per heavy atom. The quantitative estimate of drug-likeness (QED) is 0.167. The van der Waals surface area contributed by atoms with Crippen LogP contribution < -0.4 is 10.9 Å². The summed E-state index contributed by atoms with van der Waals surface area (Å²) in [5.41, 5.74) is -1.64. The van der Waals surface area contributed by atoms with Crippen molar-refractivity contribution in [2.24, 2.45) is 5.41 Å². The number of halogens is 6. The van der Waals surface area contributed by atoms with Gasteiger partial charge in [0.2, 0.25) is 17.6 Å². The third-order valence-corrected chi connectivity index (χ3v) is 10.7. The molecule has 0 bridgehead atoms. The first-order valence-corrected chi connectivity index (χ1v) is 18.2. The SMILES string of the molecule is Cc1cn2cc(-c3ccc([C@H]4C[C@@]45CCN([C@H](Cc4cnn(C(F)F)c4)C(=O)NC(C)(C)Cn4nc(C(F)(F)F)cc4-c4ccc(=O)[nH]n4)C5=O)c(F)c3)cnc2n1. The highest BCUT2D eigenvalue weighted by atomic mass is 19.4. The molecule has 1 saturated heterocycles. The van der Waals surface area contributed by atoms with E-state index in [1.54, 1.807) is 35.1 Å². The highest BCUT2D eigenvalue weighted by molar-refractivity contribution is 5.94. The average Bonchev–Trinajstić information content (AvgIpc) is 3.57. The molecule has 2 fully saturated rings. The van der Waals surface area contributed by atoms with E-state index in [1.807, 2.05) is 6.92 Å². The first-order chi connectivity index (χ1) is 27.4. The maximum Gasteiger partial charge on any atom is 0.435 e. The third-order valence-electron chi connectivity index (χ3n) is 10.7. The number of amides is 2. The predicted octanol–water partition coefficient (Wildman–Crippen LogP) is 5.31. The largest absolute Gasteiger partial charge is 0.435 e. The highest BCUT2D eigenvalue weighted by Gasteiger charge is 2.66. The molecular formula is C38H35F6N11O3. The van der Waals surface area contributed by atoms with Crippen molar-refractivity contribution >= 4 is 17.6 Å². The molecule has 20 heteroatoms. The summed E-state index contributed by atoms with van der Waals surface area (Å²) < 4.78 is 87.3. The van der Waals surface area contributed by atoms with E-state index in [-0.39, 0.29) is 36.5 Å². The Labute approximate surface area is 324 Å². The fourth-order valence-electron chi connectivity index (χ4n) is 7.84. The summed E-state index contributed by atoms with van der Waals surface area (Å²) >= 11 is 0. The molecule has 1 spiro atoms. The van der Waals surface area contributed by atoms with E-state index in [2.05, 4.69) is 35.7 Å². The molecule has 14 nitrogen and oxygen atoms in total. The number of nitrogens with zero attached hydrogens (tertiary/aromatic N) is 9. The van der Waals surface area contributed by atoms with Crippen LogP contribution in [0.3, 0.4) is 0 Å². The van der Waals surface area contributed by atoms with Crippen LogP contribution in [0.15, 0.2) is 72.2 Å². The number of carbonyl (C=O) groups excluding carboxylic acids is 2. The van der Waals surface area contributed by atoms with Crippen molar-refractivity contribution in [2.75, 3.05) is 6.54 Å². The maximum absolute atomic E-state index is 15.8. The van der Waals surface area contributed by atoms with Gasteiger partial charge < -0.3 is 10.2 Å². The monoisotopic (exact) mass is 807 g/mol. The molecule has 58 heavy (non-hydrogen) atoms. The molecule has 1 aliphatic carbocycles. The van der Waals surface area contributed by atoms with Crippen LogP contribution in [0.1, 0.15) is 61.7 Å². The number of fused-ring (bicyclic) bond motifs is 1. The van der Waals surface area contributed by atoms with Crippen molar-refractivity contribution in [3.8, 4) is 22.5 Å². The average molecular weight is 808 g/mol. The smallest absolute Gasteiger partial charge is 0.348 e. The van der Waals surface area contributed by atoms with Gasteiger partial charge in [0, 0.05) is 55.3 Å². The molecule has 2 aliphatic rings. The first-order valence-electron chi connectivity index (χ1n) is 18.2. The second-order valence-electron chi connectivity index (χ2n) is 15.4. The first kappa shape index (κ1) is 38.5. The molecule has 8 rings (SSSR count). The molecule has 5 aromatic heterocycles. The topological polar surface area (TPSA) is 161 Å². The minimum absolute atomic E-state index is 0.0141. The number of aromatic amines is 1. The minimum Gasteiger partial charge on any atom is -0.348 e. The van der Waals surface area contributed by atoms with Gasteiger partial charge in [0.05, 0.1) is 35.1 Å². The van der Waals surface area contributed by atoms with Crippen molar-refractivity contribution < 1.29 is 35.9 Å². The lowest BCUT2D eigenvalue weighted by Crippen LogP contribution is -2.56. The van der Waals surface area contributed by atoms with E-state index in [9.17, 15) is 36.3 Å². The lowest BCUT2D eigenvalue weighted by molar-refractivity contribution is -0.141. The zero-order valence-electron chi connectivity index (χ0n) is 31.1. The summed E-state index contributed by atoms with van der Waals surface area (Å²) in [6.07, 6.45) is 3.01. The summed E-state index contributed by atoms with van der Waals surface area (Å²) in [6.45, 7) is 1.74. The molecule has 0 unspecified atom stereocenters. The Morgan fingerprint density at radius 3 is 2.53 bits per heavy atom. The number of H-pyrrole nitrogens is 1. The van der Waals surface area contributed by atoms with Gasteiger partial charge in [-0.15, -0.1) is 0 Å². The van der Waals surface area contributed by atoms with Gasteiger partial charge >= 0.3 is 12.7 Å².